The lowest BCUT2D eigenvalue weighted by Gasteiger charge is -2.04. The molecule has 0 saturated heterocycles. The number of nitrogens with zero attached hydrogens (tertiary/aromatic N) is 1. The summed E-state index contributed by atoms with van der Waals surface area (Å²) in [5.41, 5.74) is 1.06. The molecule has 1 N–H and O–H groups in total. The van der Waals surface area contributed by atoms with Crippen LogP contribution in [-0.4, -0.2) is 16.8 Å². The molecule has 0 atom stereocenters. The average molecular weight is 259 g/mol. The van der Waals surface area contributed by atoms with Gasteiger partial charge in [0.1, 0.15) is 0 Å². The van der Waals surface area contributed by atoms with Crippen molar-refractivity contribution in [3.63, 3.8) is 0 Å². The molecule has 0 aromatic heterocycles. The minimum Gasteiger partial charge on any atom is -0.502 e. The van der Waals surface area contributed by atoms with Crippen LogP contribution in [0.2, 0.25) is 0 Å². The Kier molecular flexibility index (Phi) is 2.49. The first-order valence-corrected chi connectivity index (χ1v) is 5.52. The molecule has 0 bridgehead atoms. The molecule has 1 aliphatic rings. The SMILES string of the molecule is O=[N+]([O-])c1cc(-c2ccc3c(c2)OCO3)ccc1O. The summed E-state index contributed by atoms with van der Waals surface area (Å²) in [6.45, 7) is 0.175. The van der Waals surface area contributed by atoms with E-state index in [4.69, 9.17) is 9.47 Å². The standard InChI is InChI=1S/C13H9NO5/c15-11-3-1-8(5-10(11)14(16)17)9-2-4-12-13(6-9)19-7-18-12/h1-6,15H,7H2. The van der Waals surface area contributed by atoms with Gasteiger partial charge >= 0.3 is 5.69 Å². The van der Waals surface area contributed by atoms with E-state index in [-0.39, 0.29) is 18.2 Å². The summed E-state index contributed by atoms with van der Waals surface area (Å²) >= 11 is 0. The van der Waals surface area contributed by atoms with Gasteiger partial charge in [-0.05, 0) is 29.3 Å². The van der Waals surface area contributed by atoms with Crippen molar-refractivity contribution in [1.29, 1.82) is 0 Å². The van der Waals surface area contributed by atoms with E-state index in [1.807, 2.05) is 0 Å². The summed E-state index contributed by atoms with van der Waals surface area (Å²) < 4.78 is 10.5. The van der Waals surface area contributed by atoms with Gasteiger partial charge in [-0.25, -0.2) is 0 Å². The molecular weight excluding hydrogens is 250 g/mol. The van der Waals surface area contributed by atoms with Gasteiger partial charge in [0.25, 0.3) is 0 Å². The number of ether oxygens (including phenoxy) is 2. The van der Waals surface area contributed by atoms with Crippen LogP contribution in [0.4, 0.5) is 5.69 Å². The Labute approximate surface area is 108 Å². The third kappa shape index (κ3) is 1.93. The van der Waals surface area contributed by atoms with Crippen molar-refractivity contribution in [3.05, 3.63) is 46.5 Å². The highest BCUT2D eigenvalue weighted by Gasteiger charge is 2.17. The van der Waals surface area contributed by atoms with Gasteiger partial charge in [0.2, 0.25) is 6.79 Å². The zero-order valence-corrected chi connectivity index (χ0v) is 9.70. The largest absolute Gasteiger partial charge is 0.502 e. The lowest BCUT2D eigenvalue weighted by molar-refractivity contribution is -0.385. The number of fused-ring (bicyclic) bond motifs is 1. The number of hydrogen-bond donors (Lipinski definition) is 1. The van der Waals surface area contributed by atoms with Crippen LogP contribution in [0.25, 0.3) is 11.1 Å². The summed E-state index contributed by atoms with van der Waals surface area (Å²) in [5, 5.41) is 20.2. The maximum atomic E-state index is 10.8. The van der Waals surface area contributed by atoms with Gasteiger partial charge in [-0.2, -0.15) is 0 Å². The first kappa shape index (κ1) is 11.3. The third-order valence-electron chi connectivity index (χ3n) is 2.88. The fourth-order valence-electron chi connectivity index (χ4n) is 1.93. The Morgan fingerprint density at radius 1 is 1.05 bits per heavy atom. The minimum absolute atomic E-state index is 0.175. The Morgan fingerprint density at radius 3 is 2.53 bits per heavy atom. The van der Waals surface area contributed by atoms with Crippen LogP contribution in [0.15, 0.2) is 36.4 Å². The second-order valence-corrected chi connectivity index (χ2v) is 4.03. The molecule has 1 aliphatic heterocycles. The van der Waals surface area contributed by atoms with Crippen LogP contribution in [0.3, 0.4) is 0 Å². The van der Waals surface area contributed by atoms with Crippen LogP contribution >= 0.6 is 0 Å². The number of phenolic OH excluding ortho intramolecular Hbond substituents is 1. The van der Waals surface area contributed by atoms with E-state index in [0.717, 1.165) is 5.56 Å². The maximum Gasteiger partial charge on any atom is 0.311 e. The van der Waals surface area contributed by atoms with Gasteiger partial charge in [0.15, 0.2) is 17.2 Å². The summed E-state index contributed by atoms with van der Waals surface area (Å²) in [5.74, 6) is 0.903. The summed E-state index contributed by atoms with van der Waals surface area (Å²) in [4.78, 5) is 10.2. The van der Waals surface area contributed by atoms with Gasteiger partial charge in [0, 0.05) is 6.07 Å². The molecule has 2 aromatic carbocycles. The molecule has 3 rings (SSSR count). The molecule has 96 valence electrons. The molecule has 1 heterocycles. The van der Waals surface area contributed by atoms with Crippen LogP contribution in [0.1, 0.15) is 0 Å². The molecule has 0 aliphatic carbocycles. The van der Waals surface area contributed by atoms with Crippen LogP contribution < -0.4 is 9.47 Å². The Balaban J connectivity index is 2.07. The van der Waals surface area contributed by atoms with Gasteiger partial charge in [-0.3, -0.25) is 10.1 Å². The average Bonchev–Trinajstić information content (AvgIpc) is 2.86. The first-order valence-electron chi connectivity index (χ1n) is 5.52. The van der Waals surface area contributed by atoms with E-state index in [9.17, 15) is 15.2 Å². The lowest BCUT2D eigenvalue weighted by Crippen LogP contribution is -1.92. The van der Waals surface area contributed by atoms with Crippen LogP contribution in [0, 0.1) is 10.1 Å². The summed E-state index contributed by atoms with van der Waals surface area (Å²) in [6, 6.07) is 9.52. The number of aromatic hydroxyl groups is 1. The molecule has 2 aromatic rings. The Bertz CT molecular complexity index is 668. The van der Waals surface area contributed by atoms with Crippen LogP contribution in [0.5, 0.6) is 17.2 Å². The van der Waals surface area contributed by atoms with Crippen molar-refractivity contribution >= 4 is 5.69 Å². The zero-order valence-electron chi connectivity index (χ0n) is 9.70. The number of rotatable bonds is 2. The highest BCUT2D eigenvalue weighted by molar-refractivity contribution is 5.71. The van der Waals surface area contributed by atoms with E-state index >= 15 is 0 Å². The Morgan fingerprint density at radius 2 is 1.74 bits per heavy atom. The normalized spacial score (nSPS) is 12.4. The molecule has 0 fully saturated rings. The second-order valence-electron chi connectivity index (χ2n) is 4.03. The van der Waals surface area contributed by atoms with Crippen molar-refractivity contribution in [2.75, 3.05) is 6.79 Å². The van der Waals surface area contributed by atoms with Gasteiger partial charge in [0.05, 0.1) is 4.92 Å². The number of benzene rings is 2. The molecule has 0 unspecified atom stereocenters. The highest BCUT2D eigenvalue weighted by atomic mass is 16.7. The van der Waals surface area contributed by atoms with Crippen molar-refractivity contribution in [2.24, 2.45) is 0 Å². The maximum absolute atomic E-state index is 10.8. The van der Waals surface area contributed by atoms with Gasteiger partial charge in [-0.1, -0.05) is 12.1 Å². The van der Waals surface area contributed by atoms with Crippen molar-refractivity contribution in [3.8, 4) is 28.4 Å². The first-order chi connectivity index (χ1) is 9.15. The summed E-state index contributed by atoms with van der Waals surface area (Å²) in [7, 11) is 0. The number of hydrogen-bond acceptors (Lipinski definition) is 5. The molecule has 6 heteroatoms. The van der Waals surface area contributed by atoms with Gasteiger partial charge in [-0.15, -0.1) is 0 Å². The quantitative estimate of drug-likeness (QED) is 0.662. The predicted molar refractivity (Wildman–Crippen MR) is 66.3 cm³/mol. The summed E-state index contributed by atoms with van der Waals surface area (Å²) in [6.07, 6.45) is 0. The van der Waals surface area contributed by atoms with Crippen molar-refractivity contribution < 1.29 is 19.5 Å². The number of nitro groups is 1. The molecule has 0 amide bonds. The van der Waals surface area contributed by atoms with E-state index in [1.165, 1.54) is 12.1 Å². The number of phenols is 1. The minimum atomic E-state index is -0.619. The highest BCUT2D eigenvalue weighted by Crippen LogP contribution is 2.37. The molecule has 0 saturated carbocycles. The molecular formula is C13H9NO5. The second kappa shape index (κ2) is 4.16. The predicted octanol–water partition coefficient (Wildman–Crippen LogP) is 2.70. The number of nitro benzene ring substituents is 1. The molecule has 6 nitrogen and oxygen atoms in total. The Hall–Kier alpha value is -2.76. The van der Waals surface area contributed by atoms with Crippen molar-refractivity contribution in [1.82, 2.24) is 0 Å². The molecule has 0 radical (unpaired) electrons. The van der Waals surface area contributed by atoms with Gasteiger partial charge < -0.3 is 14.6 Å². The smallest absolute Gasteiger partial charge is 0.311 e. The molecule has 19 heavy (non-hydrogen) atoms. The van der Waals surface area contributed by atoms with E-state index in [1.54, 1.807) is 24.3 Å². The van der Waals surface area contributed by atoms with E-state index in [2.05, 4.69) is 0 Å². The fourth-order valence-corrected chi connectivity index (χ4v) is 1.93. The third-order valence-corrected chi connectivity index (χ3v) is 2.88. The lowest BCUT2D eigenvalue weighted by atomic mass is 10.0. The van der Waals surface area contributed by atoms with E-state index in [0.29, 0.717) is 17.1 Å². The topological polar surface area (TPSA) is 81.8 Å². The monoisotopic (exact) mass is 259 g/mol. The fraction of sp³-hybridized carbons (Fsp3) is 0.0769. The van der Waals surface area contributed by atoms with Crippen molar-refractivity contribution in [2.45, 2.75) is 0 Å². The molecule has 0 spiro atoms. The zero-order chi connectivity index (χ0) is 13.4. The van der Waals surface area contributed by atoms with Crippen LogP contribution in [-0.2, 0) is 0 Å². The van der Waals surface area contributed by atoms with E-state index < -0.39 is 4.92 Å².